The van der Waals surface area contributed by atoms with Crippen LogP contribution in [0.3, 0.4) is 0 Å². The van der Waals surface area contributed by atoms with E-state index in [2.05, 4.69) is 41.4 Å². The first kappa shape index (κ1) is 19.9. The van der Waals surface area contributed by atoms with E-state index >= 15 is 0 Å². The Morgan fingerprint density at radius 2 is 2.22 bits per heavy atom. The van der Waals surface area contributed by atoms with Crippen LogP contribution in [0, 0.1) is 11.3 Å². The third-order valence-electron chi connectivity index (χ3n) is 4.77. The van der Waals surface area contributed by atoms with Crippen molar-refractivity contribution in [1.29, 1.82) is 0 Å². The minimum atomic E-state index is 0.141. The Balaban J connectivity index is 1.51. The molecule has 0 saturated carbocycles. The fraction of sp³-hybridized carbons (Fsp3) is 0.600. The molecule has 7 heteroatoms. The first-order chi connectivity index (χ1) is 13.0. The summed E-state index contributed by atoms with van der Waals surface area (Å²) >= 11 is 1.62. The highest BCUT2D eigenvalue weighted by Gasteiger charge is 2.35. The molecule has 27 heavy (non-hydrogen) atoms. The molecule has 1 fully saturated rings. The van der Waals surface area contributed by atoms with Gasteiger partial charge in [0.05, 0.1) is 23.2 Å². The van der Waals surface area contributed by atoms with Gasteiger partial charge in [0.1, 0.15) is 6.26 Å². The summed E-state index contributed by atoms with van der Waals surface area (Å²) in [7, 11) is 1.79. The van der Waals surface area contributed by atoms with Gasteiger partial charge in [-0.05, 0) is 29.7 Å². The van der Waals surface area contributed by atoms with Crippen molar-refractivity contribution >= 4 is 17.3 Å². The Bertz CT molecular complexity index is 734. The van der Waals surface area contributed by atoms with Gasteiger partial charge in [-0.3, -0.25) is 4.99 Å². The average Bonchev–Trinajstić information content (AvgIpc) is 3.33. The number of nitrogens with zero attached hydrogens (tertiary/aromatic N) is 2. The molecule has 2 aromatic heterocycles. The molecule has 0 amide bonds. The Morgan fingerprint density at radius 1 is 1.37 bits per heavy atom. The van der Waals surface area contributed by atoms with Gasteiger partial charge in [-0.15, -0.1) is 11.3 Å². The molecule has 2 atom stereocenters. The van der Waals surface area contributed by atoms with Crippen molar-refractivity contribution in [2.75, 3.05) is 20.2 Å². The molecule has 6 nitrogen and oxygen atoms in total. The van der Waals surface area contributed by atoms with Crippen molar-refractivity contribution in [2.24, 2.45) is 16.3 Å². The maximum Gasteiger partial charge on any atom is 0.236 e. The summed E-state index contributed by atoms with van der Waals surface area (Å²) in [6.07, 6.45) is 4.26. The van der Waals surface area contributed by atoms with E-state index in [1.54, 1.807) is 24.6 Å². The largest absolute Gasteiger partial charge is 0.443 e. The number of rotatable bonds is 5. The van der Waals surface area contributed by atoms with E-state index < -0.39 is 0 Å². The van der Waals surface area contributed by atoms with Crippen molar-refractivity contribution in [3.8, 4) is 10.8 Å². The van der Waals surface area contributed by atoms with Gasteiger partial charge in [0, 0.05) is 26.1 Å². The van der Waals surface area contributed by atoms with Gasteiger partial charge >= 0.3 is 0 Å². The SMILES string of the molecule is CN=C(NCc1coc(-c2cccs2)n1)NCC1CCCOC1C(C)(C)C. The summed E-state index contributed by atoms with van der Waals surface area (Å²) in [5, 5.41) is 8.78. The van der Waals surface area contributed by atoms with Crippen LogP contribution in [0.15, 0.2) is 33.2 Å². The Kier molecular flexibility index (Phi) is 6.55. The minimum Gasteiger partial charge on any atom is -0.443 e. The van der Waals surface area contributed by atoms with Crippen LogP contribution in [0.4, 0.5) is 0 Å². The lowest BCUT2D eigenvalue weighted by Gasteiger charge is -2.40. The van der Waals surface area contributed by atoms with E-state index in [-0.39, 0.29) is 11.5 Å². The van der Waals surface area contributed by atoms with E-state index in [1.165, 1.54) is 6.42 Å². The topological polar surface area (TPSA) is 71.7 Å². The van der Waals surface area contributed by atoms with Crippen molar-refractivity contribution in [3.05, 3.63) is 29.5 Å². The highest BCUT2D eigenvalue weighted by Crippen LogP contribution is 2.33. The van der Waals surface area contributed by atoms with Crippen LogP contribution in [0.25, 0.3) is 10.8 Å². The number of hydrogen-bond donors (Lipinski definition) is 2. The standard InChI is InChI=1S/C20H30N4O2S/c1-20(2,3)17-14(7-5-9-25-17)11-22-19(21-4)23-12-15-13-26-18(24-15)16-8-6-10-27-16/h6,8,10,13-14,17H,5,7,9,11-12H2,1-4H3,(H2,21,22,23). The molecule has 1 aliphatic heterocycles. The molecule has 0 radical (unpaired) electrons. The zero-order chi connectivity index (χ0) is 19.3. The van der Waals surface area contributed by atoms with Crippen LogP contribution in [0.5, 0.6) is 0 Å². The maximum absolute atomic E-state index is 6.07. The quantitative estimate of drug-likeness (QED) is 0.598. The second-order valence-corrected chi connectivity index (χ2v) is 8.94. The second kappa shape index (κ2) is 8.89. The smallest absolute Gasteiger partial charge is 0.236 e. The third kappa shape index (κ3) is 5.32. The third-order valence-corrected chi connectivity index (χ3v) is 5.63. The van der Waals surface area contributed by atoms with Crippen LogP contribution in [0.1, 0.15) is 39.3 Å². The van der Waals surface area contributed by atoms with Gasteiger partial charge in [-0.1, -0.05) is 26.8 Å². The van der Waals surface area contributed by atoms with Gasteiger partial charge in [0.15, 0.2) is 5.96 Å². The summed E-state index contributed by atoms with van der Waals surface area (Å²) in [6, 6.07) is 4.00. The second-order valence-electron chi connectivity index (χ2n) is 7.99. The fourth-order valence-corrected chi connectivity index (χ4v) is 4.19. The van der Waals surface area contributed by atoms with Crippen molar-refractivity contribution in [3.63, 3.8) is 0 Å². The molecule has 0 bridgehead atoms. The molecule has 2 N–H and O–H groups in total. The molecular weight excluding hydrogens is 360 g/mol. The Labute approximate surface area is 165 Å². The molecule has 2 unspecified atom stereocenters. The van der Waals surface area contributed by atoms with E-state index in [9.17, 15) is 0 Å². The average molecular weight is 391 g/mol. The summed E-state index contributed by atoms with van der Waals surface area (Å²) in [4.78, 5) is 9.90. The van der Waals surface area contributed by atoms with Gasteiger partial charge in [-0.2, -0.15) is 0 Å². The van der Waals surface area contributed by atoms with Crippen LogP contribution in [0.2, 0.25) is 0 Å². The lowest BCUT2D eigenvalue weighted by Crippen LogP contribution is -2.47. The van der Waals surface area contributed by atoms with Crippen molar-refractivity contribution < 1.29 is 9.15 Å². The predicted octanol–water partition coefficient (Wildman–Crippen LogP) is 3.91. The molecular formula is C20H30N4O2S. The van der Waals surface area contributed by atoms with Crippen molar-refractivity contribution in [2.45, 2.75) is 46.3 Å². The van der Waals surface area contributed by atoms with E-state index in [1.807, 2.05) is 17.5 Å². The van der Waals surface area contributed by atoms with Gasteiger partial charge in [-0.25, -0.2) is 4.98 Å². The highest BCUT2D eigenvalue weighted by molar-refractivity contribution is 7.13. The number of aromatic nitrogens is 1. The lowest BCUT2D eigenvalue weighted by molar-refractivity contribution is -0.0835. The highest BCUT2D eigenvalue weighted by atomic mass is 32.1. The van der Waals surface area contributed by atoms with Gasteiger partial charge < -0.3 is 19.8 Å². The van der Waals surface area contributed by atoms with Crippen LogP contribution in [-0.2, 0) is 11.3 Å². The summed E-state index contributed by atoms with van der Waals surface area (Å²) in [5.74, 6) is 1.92. The molecule has 3 heterocycles. The number of thiophene rings is 1. The zero-order valence-electron chi connectivity index (χ0n) is 16.6. The normalized spacial score (nSPS) is 21.3. The molecule has 0 spiro atoms. The number of nitrogens with one attached hydrogen (secondary N) is 2. The van der Waals surface area contributed by atoms with Gasteiger partial charge in [0.2, 0.25) is 5.89 Å². The lowest BCUT2D eigenvalue weighted by atomic mass is 9.78. The van der Waals surface area contributed by atoms with Crippen LogP contribution in [-0.4, -0.2) is 37.2 Å². The molecule has 1 aliphatic rings. The predicted molar refractivity (Wildman–Crippen MR) is 110 cm³/mol. The van der Waals surface area contributed by atoms with Crippen molar-refractivity contribution in [1.82, 2.24) is 15.6 Å². The Hall–Kier alpha value is -1.86. The Morgan fingerprint density at radius 3 is 2.93 bits per heavy atom. The molecule has 2 aromatic rings. The van der Waals surface area contributed by atoms with Crippen LogP contribution >= 0.6 is 11.3 Å². The zero-order valence-corrected chi connectivity index (χ0v) is 17.4. The number of hydrogen-bond acceptors (Lipinski definition) is 5. The van der Waals surface area contributed by atoms with Crippen LogP contribution < -0.4 is 10.6 Å². The summed E-state index contributed by atoms with van der Waals surface area (Å²) in [5.41, 5.74) is 0.998. The number of oxazole rings is 1. The number of guanidine groups is 1. The molecule has 148 valence electrons. The summed E-state index contributed by atoms with van der Waals surface area (Å²) < 4.78 is 11.6. The van der Waals surface area contributed by atoms with Gasteiger partial charge in [0.25, 0.3) is 0 Å². The van der Waals surface area contributed by atoms with E-state index in [0.717, 1.165) is 36.1 Å². The molecule has 1 saturated heterocycles. The number of aliphatic imine (C=N–C) groups is 1. The van der Waals surface area contributed by atoms with E-state index in [0.29, 0.717) is 18.4 Å². The fourth-order valence-electron chi connectivity index (χ4n) is 3.53. The maximum atomic E-state index is 6.07. The first-order valence-electron chi connectivity index (χ1n) is 9.52. The molecule has 0 aliphatic carbocycles. The monoisotopic (exact) mass is 390 g/mol. The first-order valence-corrected chi connectivity index (χ1v) is 10.4. The minimum absolute atomic E-state index is 0.141. The number of ether oxygens (including phenoxy) is 1. The molecule has 0 aromatic carbocycles. The summed E-state index contributed by atoms with van der Waals surface area (Å²) in [6.45, 7) is 9.03. The van der Waals surface area contributed by atoms with E-state index in [4.69, 9.17) is 9.15 Å². The molecule has 3 rings (SSSR count).